The number of hydrogen-bond acceptors (Lipinski definition) is 5. The molecule has 0 aromatic carbocycles. The predicted octanol–water partition coefficient (Wildman–Crippen LogP) is 1.19. The Bertz CT molecular complexity index is 400. The molecule has 0 aliphatic carbocycles. The zero-order chi connectivity index (χ0) is 12.3. The van der Waals surface area contributed by atoms with Crippen molar-refractivity contribution in [1.82, 2.24) is 10.3 Å². The molecular formula is C11H16N2O2S2. The minimum absolute atomic E-state index is 0.270. The van der Waals surface area contributed by atoms with Crippen molar-refractivity contribution in [3.63, 3.8) is 0 Å². The van der Waals surface area contributed by atoms with Gasteiger partial charge in [0.2, 0.25) is 0 Å². The van der Waals surface area contributed by atoms with Gasteiger partial charge < -0.3 is 10.4 Å². The Morgan fingerprint density at radius 2 is 2.53 bits per heavy atom. The second kappa shape index (κ2) is 5.37. The van der Waals surface area contributed by atoms with E-state index in [1.807, 2.05) is 5.38 Å². The lowest BCUT2D eigenvalue weighted by atomic mass is 10.0. The fourth-order valence-corrected chi connectivity index (χ4v) is 3.65. The summed E-state index contributed by atoms with van der Waals surface area (Å²) in [5.41, 5.74) is -0.302. The molecule has 1 aromatic heterocycles. The van der Waals surface area contributed by atoms with E-state index >= 15 is 0 Å². The Kier molecular flexibility index (Phi) is 4.06. The maximum absolute atomic E-state index is 11.8. The van der Waals surface area contributed by atoms with Gasteiger partial charge in [-0.1, -0.05) is 6.92 Å². The van der Waals surface area contributed by atoms with Crippen LogP contribution >= 0.6 is 23.1 Å². The fraction of sp³-hybridized carbons (Fsp3) is 0.636. The number of carbonyl (C=O) groups excluding carboxylic acids is 1. The van der Waals surface area contributed by atoms with E-state index in [1.165, 1.54) is 0 Å². The summed E-state index contributed by atoms with van der Waals surface area (Å²) in [6, 6.07) is 0. The molecule has 2 heterocycles. The van der Waals surface area contributed by atoms with Crippen LogP contribution in [0.3, 0.4) is 0 Å². The molecule has 1 aliphatic rings. The fourth-order valence-electron chi connectivity index (χ4n) is 1.66. The molecule has 4 nitrogen and oxygen atoms in total. The molecule has 1 atom stereocenters. The molecule has 0 spiro atoms. The number of nitrogens with one attached hydrogen (secondary N) is 1. The summed E-state index contributed by atoms with van der Waals surface area (Å²) in [7, 11) is 0. The summed E-state index contributed by atoms with van der Waals surface area (Å²) in [4.78, 5) is 16.2. The second-order valence-corrected chi connectivity index (χ2v) is 6.15. The predicted molar refractivity (Wildman–Crippen MR) is 70.2 cm³/mol. The molecule has 1 fully saturated rings. The number of aryl methyl sites for hydroxylation is 1. The summed E-state index contributed by atoms with van der Waals surface area (Å²) in [5, 5.41) is 15.8. The summed E-state index contributed by atoms with van der Waals surface area (Å²) < 4.78 is 0. The zero-order valence-corrected chi connectivity index (χ0v) is 11.4. The molecule has 1 saturated heterocycles. The van der Waals surface area contributed by atoms with Crippen LogP contribution in [0.25, 0.3) is 0 Å². The van der Waals surface area contributed by atoms with Crippen LogP contribution in [0, 0.1) is 0 Å². The Morgan fingerprint density at radius 3 is 3.12 bits per heavy atom. The van der Waals surface area contributed by atoms with E-state index in [9.17, 15) is 9.90 Å². The molecule has 2 rings (SSSR count). The van der Waals surface area contributed by atoms with Crippen LogP contribution in [0.4, 0.5) is 0 Å². The number of carbonyl (C=O) groups is 1. The van der Waals surface area contributed by atoms with Crippen LogP contribution in [0.1, 0.15) is 24.0 Å². The van der Waals surface area contributed by atoms with E-state index in [1.54, 1.807) is 23.1 Å². The van der Waals surface area contributed by atoms with E-state index in [4.69, 9.17) is 0 Å². The van der Waals surface area contributed by atoms with Crippen molar-refractivity contribution < 1.29 is 9.90 Å². The van der Waals surface area contributed by atoms with Gasteiger partial charge >= 0.3 is 0 Å². The number of aliphatic hydroxyl groups is 1. The lowest BCUT2D eigenvalue weighted by Crippen LogP contribution is -2.46. The van der Waals surface area contributed by atoms with Gasteiger partial charge in [-0.3, -0.25) is 4.79 Å². The number of rotatable bonds is 4. The van der Waals surface area contributed by atoms with Gasteiger partial charge in [-0.15, -0.1) is 11.3 Å². The van der Waals surface area contributed by atoms with Gasteiger partial charge in [-0.05, 0) is 18.6 Å². The highest BCUT2D eigenvalue weighted by atomic mass is 32.2. The van der Waals surface area contributed by atoms with Crippen LogP contribution in [-0.2, 0) is 17.8 Å². The number of thioether (sulfide) groups is 1. The molecule has 2 N–H and O–H groups in total. The highest BCUT2D eigenvalue weighted by Crippen LogP contribution is 2.27. The van der Waals surface area contributed by atoms with Crippen molar-refractivity contribution in [3.05, 3.63) is 16.1 Å². The van der Waals surface area contributed by atoms with Crippen molar-refractivity contribution in [3.8, 4) is 0 Å². The number of amides is 1. The van der Waals surface area contributed by atoms with Crippen LogP contribution in [-0.4, -0.2) is 33.1 Å². The van der Waals surface area contributed by atoms with Crippen LogP contribution < -0.4 is 5.32 Å². The summed E-state index contributed by atoms with van der Waals surface area (Å²) in [6.07, 6.45) is 1.46. The number of hydrogen-bond donors (Lipinski definition) is 2. The molecule has 17 heavy (non-hydrogen) atoms. The third kappa shape index (κ3) is 3.00. The van der Waals surface area contributed by atoms with Crippen molar-refractivity contribution in [2.75, 3.05) is 11.5 Å². The largest absolute Gasteiger partial charge is 0.379 e. The quantitative estimate of drug-likeness (QED) is 0.864. The van der Waals surface area contributed by atoms with Gasteiger partial charge in [-0.2, -0.15) is 11.8 Å². The standard InChI is InChI=1S/C11H16N2O2S2/c1-2-9-13-8(6-17-9)5-12-10(14)11(15)3-4-16-7-11/h6,15H,2-5,7H2,1H3,(H,12,14). The summed E-state index contributed by atoms with van der Waals surface area (Å²) in [6.45, 7) is 2.46. The van der Waals surface area contributed by atoms with Crippen LogP contribution in [0.15, 0.2) is 5.38 Å². The Morgan fingerprint density at radius 1 is 1.71 bits per heavy atom. The molecule has 1 unspecified atom stereocenters. The Labute approximate surface area is 109 Å². The van der Waals surface area contributed by atoms with Crippen molar-refractivity contribution in [2.24, 2.45) is 0 Å². The lowest BCUT2D eigenvalue weighted by Gasteiger charge is -2.19. The van der Waals surface area contributed by atoms with Gasteiger partial charge in [0.25, 0.3) is 5.91 Å². The van der Waals surface area contributed by atoms with E-state index in [0.717, 1.165) is 22.9 Å². The van der Waals surface area contributed by atoms with Crippen LogP contribution in [0.2, 0.25) is 0 Å². The lowest BCUT2D eigenvalue weighted by molar-refractivity contribution is -0.137. The van der Waals surface area contributed by atoms with Gasteiger partial charge in [0.1, 0.15) is 0 Å². The number of thiazole rings is 1. The first-order valence-corrected chi connectivity index (χ1v) is 7.69. The SMILES string of the molecule is CCc1nc(CNC(=O)C2(O)CCSC2)cs1. The van der Waals surface area contributed by atoms with Gasteiger partial charge in [-0.25, -0.2) is 4.98 Å². The second-order valence-electron chi connectivity index (χ2n) is 4.10. The number of nitrogens with zero attached hydrogens (tertiary/aromatic N) is 1. The topological polar surface area (TPSA) is 62.2 Å². The Balaban J connectivity index is 1.87. The molecule has 94 valence electrons. The van der Waals surface area contributed by atoms with Crippen molar-refractivity contribution in [2.45, 2.75) is 31.9 Å². The minimum atomic E-state index is -1.17. The van der Waals surface area contributed by atoms with E-state index in [-0.39, 0.29) is 5.91 Å². The summed E-state index contributed by atoms with van der Waals surface area (Å²) >= 11 is 3.22. The van der Waals surface area contributed by atoms with E-state index < -0.39 is 5.60 Å². The van der Waals surface area contributed by atoms with Gasteiger partial charge in [0, 0.05) is 11.1 Å². The maximum atomic E-state index is 11.8. The van der Waals surface area contributed by atoms with E-state index in [0.29, 0.717) is 18.7 Å². The molecule has 0 saturated carbocycles. The highest BCUT2D eigenvalue weighted by Gasteiger charge is 2.39. The molecule has 0 radical (unpaired) electrons. The Hall–Kier alpha value is -0.590. The van der Waals surface area contributed by atoms with Crippen molar-refractivity contribution in [1.29, 1.82) is 0 Å². The maximum Gasteiger partial charge on any atom is 0.253 e. The summed E-state index contributed by atoms with van der Waals surface area (Å²) in [5.74, 6) is 1.07. The molecule has 6 heteroatoms. The number of aromatic nitrogens is 1. The average Bonchev–Trinajstić information content (AvgIpc) is 2.95. The molecule has 0 bridgehead atoms. The molecule has 1 aromatic rings. The molecule has 1 amide bonds. The van der Waals surface area contributed by atoms with Gasteiger partial charge in [0.05, 0.1) is 17.2 Å². The minimum Gasteiger partial charge on any atom is -0.379 e. The molecule has 1 aliphatic heterocycles. The first kappa shape index (κ1) is 12.9. The zero-order valence-electron chi connectivity index (χ0n) is 9.73. The average molecular weight is 272 g/mol. The highest BCUT2D eigenvalue weighted by molar-refractivity contribution is 7.99. The van der Waals surface area contributed by atoms with Crippen LogP contribution in [0.5, 0.6) is 0 Å². The normalized spacial score (nSPS) is 23.9. The first-order valence-electron chi connectivity index (χ1n) is 5.66. The van der Waals surface area contributed by atoms with Crippen molar-refractivity contribution >= 4 is 29.0 Å². The van der Waals surface area contributed by atoms with E-state index in [2.05, 4.69) is 17.2 Å². The smallest absolute Gasteiger partial charge is 0.253 e. The third-order valence-corrected chi connectivity index (χ3v) is 4.97. The van der Waals surface area contributed by atoms with Gasteiger partial charge in [0.15, 0.2) is 5.60 Å². The monoisotopic (exact) mass is 272 g/mol. The first-order chi connectivity index (χ1) is 8.14. The molecular weight excluding hydrogens is 256 g/mol. The third-order valence-electron chi connectivity index (χ3n) is 2.76.